The normalized spacial score (nSPS) is 11.9. The second-order valence-corrected chi connectivity index (χ2v) is 6.83. The first kappa shape index (κ1) is 19.1. The molecule has 140 valence electrons. The number of aryl methyl sites for hydroxylation is 1. The summed E-state index contributed by atoms with van der Waals surface area (Å²) in [6.45, 7) is 3.40. The van der Waals surface area contributed by atoms with Crippen molar-refractivity contribution in [3.05, 3.63) is 101 Å². The number of para-hydroxylation sites is 1. The van der Waals surface area contributed by atoms with E-state index in [9.17, 15) is 4.39 Å². The third-order valence-corrected chi connectivity index (χ3v) is 4.63. The molecule has 0 spiro atoms. The van der Waals surface area contributed by atoms with Gasteiger partial charge in [-0.2, -0.15) is 0 Å². The van der Waals surface area contributed by atoms with Gasteiger partial charge < -0.3 is 10.1 Å². The van der Waals surface area contributed by atoms with Crippen LogP contribution in [-0.2, 0) is 19.6 Å². The second-order valence-electron chi connectivity index (χ2n) is 6.83. The first-order valence-electron chi connectivity index (χ1n) is 9.43. The predicted octanol–water partition coefficient (Wildman–Crippen LogP) is 5.52. The summed E-state index contributed by atoms with van der Waals surface area (Å²) in [6, 6.07) is 25.5. The van der Waals surface area contributed by atoms with Gasteiger partial charge in [-0.25, -0.2) is 4.39 Å². The van der Waals surface area contributed by atoms with Gasteiger partial charge in [0.25, 0.3) is 0 Å². The standard InChI is InChI=1S/C24H26FNO/c1-19(11-12-20-7-3-2-4-8-20)26-17-22-9-5-6-10-24(22)27-18-21-13-15-23(25)16-14-21/h2-10,13-16,19,26H,11-12,17-18H2,1H3. The molecule has 0 aliphatic rings. The molecule has 0 heterocycles. The van der Waals surface area contributed by atoms with Crippen molar-refractivity contribution in [3.8, 4) is 5.75 Å². The van der Waals surface area contributed by atoms with Crippen LogP contribution in [0.1, 0.15) is 30.0 Å². The van der Waals surface area contributed by atoms with Crippen molar-refractivity contribution >= 4 is 0 Å². The van der Waals surface area contributed by atoms with Gasteiger partial charge in [0.2, 0.25) is 0 Å². The Balaban J connectivity index is 1.50. The molecule has 0 aromatic heterocycles. The van der Waals surface area contributed by atoms with Crippen LogP contribution < -0.4 is 10.1 Å². The van der Waals surface area contributed by atoms with E-state index in [2.05, 4.69) is 42.6 Å². The Labute approximate surface area is 161 Å². The highest BCUT2D eigenvalue weighted by Gasteiger charge is 2.07. The topological polar surface area (TPSA) is 21.3 Å². The molecule has 0 aliphatic carbocycles. The number of benzene rings is 3. The average molecular weight is 363 g/mol. The van der Waals surface area contributed by atoms with E-state index < -0.39 is 0 Å². The van der Waals surface area contributed by atoms with Crippen molar-refractivity contribution in [2.45, 2.75) is 39.0 Å². The molecule has 1 atom stereocenters. The lowest BCUT2D eigenvalue weighted by Gasteiger charge is -2.16. The molecule has 0 bridgehead atoms. The van der Waals surface area contributed by atoms with E-state index in [4.69, 9.17) is 4.74 Å². The first-order chi connectivity index (χ1) is 13.2. The smallest absolute Gasteiger partial charge is 0.124 e. The molecule has 0 amide bonds. The Kier molecular flexibility index (Phi) is 7.00. The van der Waals surface area contributed by atoms with E-state index in [1.54, 1.807) is 12.1 Å². The summed E-state index contributed by atoms with van der Waals surface area (Å²) in [5.74, 6) is 0.637. The third kappa shape index (κ3) is 6.22. The van der Waals surface area contributed by atoms with Crippen LogP contribution in [0.2, 0.25) is 0 Å². The van der Waals surface area contributed by atoms with Crippen molar-refractivity contribution in [1.29, 1.82) is 0 Å². The Hall–Kier alpha value is -2.65. The van der Waals surface area contributed by atoms with Crippen molar-refractivity contribution in [3.63, 3.8) is 0 Å². The molecule has 0 aliphatic heterocycles. The van der Waals surface area contributed by atoms with Crippen molar-refractivity contribution in [2.24, 2.45) is 0 Å². The maximum absolute atomic E-state index is 13.0. The molecular formula is C24H26FNO. The van der Waals surface area contributed by atoms with Gasteiger partial charge in [0.1, 0.15) is 18.2 Å². The number of rotatable bonds is 9. The number of halogens is 1. The molecule has 3 rings (SSSR count). The number of hydrogen-bond donors (Lipinski definition) is 1. The zero-order valence-corrected chi connectivity index (χ0v) is 15.7. The van der Waals surface area contributed by atoms with Crippen LogP contribution in [0.3, 0.4) is 0 Å². The Morgan fingerprint density at radius 3 is 2.33 bits per heavy atom. The molecule has 1 N–H and O–H groups in total. The van der Waals surface area contributed by atoms with Crippen molar-refractivity contribution in [1.82, 2.24) is 5.32 Å². The number of ether oxygens (including phenoxy) is 1. The highest BCUT2D eigenvalue weighted by Crippen LogP contribution is 2.20. The molecule has 0 saturated carbocycles. The molecule has 27 heavy (non-hydrogen) atoms. The minimum Gasteiger partial charge on any atom is -0.489 e. The molecule has 1 unspecified atom stereocenters. The van der Waals surface area contributed by atoms with E-state index in [0.717, 1.165) is 36.3 Å². The summed E-state index contributed by atoms with van der Waals surface area (Å²) in [5, 5.41) is 3.59. The summed E-state index contributed by atoms with van der Waals surface area (Å²) < 4.78 is 19.0. The van der Waals surface area contributed by atoms with E-state index in [1.807, 2.05) is 24.3 Å². The molecular weight excluding hydrogens is 337 g/mol. The van der Waals surface area contributed by atoms with E-state index in [1.165, 1.54) is 17.7 Å². The summed E-state index contributed by atoms with van der Waals surface area (Å²) in [6.07, 6.45) is 2.15. The molecule has 3 aromatic rings. The maximum atomic E-state index is 13.0. The Morgan fingerprint density at radius 1 is 0.852 bits per heavy atom. The van der Waals surface area contributed by atoms with Crippen LogP contribution in [0.25, 0.3) is 0 Å². The van der Waals surface area contributed by atoms with Crippen molar-refractivity contribution in [2.75, 3.05) is 0 Å². The number of nitrogens with one attached hydrogen (secondary N) is 1. The molecule has 2 nitrogen and oxygen atoms in total. The third-order valence-electron chi connectivity index (χ3n) is 4.63. The minimum absolute atomic E-state index is 0.229. The van der Waals surface area contributed by atoms with E-state index in [-0.39, 0.29) is 5.82 Å². The SMILES string of the molecule is CC(CCc1ccccc1)NCc1ccccc1OCc1ccc(F)cc1. The Bertz CT molecular complexity index is 817. The molecule has 3 heteroatoms. The van der Waals surface area contributed by atoms with Crippen LogP contribution in [0.5, 0.6) is 5.75 Å². The second kappa shape index (κ2) is 9.89. The highest BCUT2D eigenvalue weighted by atomic mass is 19.1. The molecule has 0 fully saturated rings. The lowest BCUT2D eigenvalue weighted by Crippen LogP contribution is -2.26. The lowest BCUT2D eigenvalue weighted by atomic mass is 10.1. The monoisotopic (exact) mass is 363 g/mol. The summed E-state index contributed by atoms with van der Waals surface area (Å²) in [7, 11) is 0. The zero-order valence-electron chi connectivity index (χ0n) is 15.7. The van der Waals surface area contributed by atoms with Gasteiger partial charge in [-0.05, 0) is 49.1 Å². The quantitative estimate of drug-likeness (QED) is 0.541. The zero-order chi connectivity index (χ0) is 18.9. The van der Waals surface area contributed by atoms with Gasteiger partial charge in [-0.15, -0.1) is 0 Å². The summed E-state index contributed by atoms with van der Waals surface area (Å²) in [5.41, 5.74) is 3.45. The largest absolute Gasteiger partial charge is 0.489 e. The predicted molar refractivity (Wildman–Crippen MR) is 108 cm³/mol. The lowest BCUT2D eigenvalue weighted by molar-refractivity contribution is 0.301. The average Bonchev–Trinajstić information content (AvgIpc) is 2.71. The fourth-order valence-corrected chi connectivity index (χ4v) is 2.95. The van der Waals surface area contributed by atoms with Gasteiger partial charge in [-0.3, -0.25) is 0 Å². The first-order valence-corrected chi connectivity index (χ1v) is 9.43. The molecule has 3 aromatic carbocycles. The fourth-order valence-electron chi connectivity index (χ4n) is 2.95. The van der Waals surface area contributed by atoms with Gasteiger partial charge in [0.15, 0.2) is 0 Å². The summed E-state index contributed by atoms with van der Waals surface area (Å²) in [4.78, 5) is 0. The van der Waals surface area contributed by atoms with Gasteiger partial charge >= 0.3 is 0 Å². The molecule has 0 radical (unpaired) electrons. The van der Waals surface area contributed by atoms with Gasteiger partial charge in [0, 0.05) is 18.2 Å². The Morgan fingerprint density at radius 2 is 1.56 bits per heavy atom. The fraction of sp³-hybridized carbons (Fsp3) is 0.250. The summed E-state index contributed by atoms with van der Waals surface area (Å²) >= 11 is 0. The van der Waals surface area contributed by atoms with E-state index >= 15 is 0 Å². The van der Waals surface area contributed by atoms with E-state index in [0.29, 0.717) is 12.6 Å². The molecule has 0 saturated heterocycles. The van der Waals surface area contributed by atoms with Crippen LogP contribution >= 0.6 is 0 Å². The van der Waals surface area contributed by atoms with Crippen LogP contribution in [0, 0.1) is 5.82 Å². The minimum atomic E-state index is -0.229. The van der Waals surface area contributed by atoms with Crippen molar-refractivity contribution < 1.29 is 9.13 Å². The van der Waals surface area contributed by atoms with Gasteiger partial charge in [-0.1, -0.05) is 60.7 Å². The number of hydrogen-bond acceptors (Lipinski definition) is 2. The van der Waals surface area contributed by atoms with Crippen LogP contribution in [0.4, 0.5) is 4.39 Å². The highest BCUT2D eigenvalue weighted by molar-refractivity contribution is 5.33. The van der Waals surface area contributed by atoms with Gasteiger partial charge in [0.05, 0.1) is 0 Å². The van der Waals surface area contributed by atoms with Crippen LogP contribution in [0.15, 0.2) is 78.9 Å². The maximum Gasteiger partial charge on any atom is 0.124 e. The van der Waals surface area contributed by atoms with Crippen LogP contribution in [-0.4, -0.2) is 6.04 Å².